The van der Waals surface area contributed by atoms with Crippen LogP contribution in [0.2, 0.25) is 0 Å². The SMILES string of the molecule is CC#CCN1CC[C@H](n2c(=O)n(-c3ccc(Oc4ccccc4)cc3)c3c(N)ncnc32)C1. The number of imidazole rings is 1. The number of nitrogen functional groups attached to an aromatic ring is 1. The van der Waals surface area contributed by atoms with E-state index in [2.05, 4.69) is 26.7 Å². The molecule has 166 valence electrons. The van der Waals surface area contributed by atoms with Crippen LogP contribution in [-0.2, 0) is 0 Å². The van der Waals surface area contributed by atoms with Crippen molar-refractivity contribution >= 4 is 17.0 Å². The molecule has 33 heavy (non-hydrogen) atoms. The third-order valence-electron chi connectivity index (χ3n) is 5.85. The van der Waals surface area contributed by atoms with Crippen molar-refractivity contribution in [1.29, 1.82) is 0 Å². The zero-order valence-electron chi connectivity index (χ0n) is 18.3. The molecule has 1 aliphatic heterocycles. The molecule has 0 saturated carbocycles. The van der Waals surface area contributed by atoms with Crippen molar-refractivity contribution in [2.45, 2.75) is 19.4 Å². The molecule has 1 atom stereocenters. The second kappa shape index (κ2) is 8.81. The summed E-state index contributed by atoms with van der Waals surface area (Å²) in [6, 6.07) is 16.9. The number of benzene rings is 2. The van der Waals surface area contributed by atoms with Crippen molar-refractivity contribution in [2.24, 2.45) is 0 Å². The van der Waals surface area contributed by atoms with E-state index in [1.807, 2.05) is 61.5 Å². The zero-order chi connectivity index (χ0) is 22.8. The molecule has 0 spiro atoms. The summed E-state index contributed by atoms with van der Waals surface area (Å²) in [7, 11) is 0. The normalized spacial score (nSPS) is 16.0. The first-order chi connectivity index (χ1) is 16.2. The number of para-hydroxylation sites is 1. The van der Waals surface area contributed by atoms with Gasteiger partial charge in [-0.3, -0.25) is 14.0 Å². The van der Waals surface area contributed by atoms with Crippen LogP contribution in [0.5, 0.6) is 11.5 Å². The Kier molecular flexibility index (Phi) is 5.55. The van der Waals surface area contributed by atoms with Gasteiger partial charge in [0.2, 0.25) is 0 Å². The van der Waals surface area contributed by atoms with Gasteiger partial charge in [-0.05, 0) is 49.7 Å². The van der Waals surface area contributed by atoms with Crippen molar-refractivity contribution in [3.05, 3.63) is 71.4 Å². The highest BCUT2D eigenvalue weighted by molar-refractivity contribution is 5.84. The standard InChI is InChI=1S/C25H24N6O2/c1-2-3-14-29-15-13-19(16-29)31-24-22(23(26)27-17-28-24)30(25(31)32)18-9-11-21(12-10-18)33-20-7-5-4-6-8-20/h4-12,17,19H,13-16H2,1H3,(H2,26,27,28)/t19-/m0/s1. The molecule has 0 radical (unpaired) electrons. The van der Waals surface area contributed by atoms with Gasteiger partial charge in [0, 0.05) is 13.1 Å². The molecule has 5 rings (SSSR count). The smallest absolute Gasteiger partial charge is 0.335 e. The number of rotatable bonds is 5. The molecule has 4 aromatic rings. The number of aromatic nitrogens is 4. The summed E-state index contributed by atoms with van der Waals surface area (Å²) in [4.78, 5) is 24.5. The maximum Gasteiger partial charge on any atom is 0.335 e. The number of hydrogen-bond acceptors (Lipinski definition) is 6. The number of fused-ring (bicyclic) bond motifs is 1. The molecule has 1 aliphatic rings. The Morgan fingerprint density at radius 1 is 1.09 bits per heavy atom. The van der Waals surface area contributed by atoms with Gasteiger partial charge in [-0.15, -0.1) is 5.92 Å². The van der Waals surface area contributed by atoms with E-state index in [1.54, 1.807) is 9.13 Å². The van der Waals surface area contributed by atoms with Crippen LogP contribution in [0.25, 0.3) is 16.9 Å². The summed E-state index contributed by atoms with van der Waals surface area (Å²) >= 11 is 0. The number of nitrogens with zero attached hydrogens (tertiary/aromatic N) is 5. The molecule has 8 heteroatoms. The lowest BCUT2D eigenvalue weighted by molar-refractivity contribution is 0.362. The van der Waals surface area contributed by atoms with E-state index in [1.165, 1.54) is 6.33 Å². The van der Waals surface area contributed by atoms with E-state index in [0.717, 1.165) is 25.3 Å². The first-order valence-electron chi connectivity index (χ1n) is 10.8. The van der Waals surface area contributed by atoms with Gasteiger partial charge >= 0.3 is 5.69 Å². The second-order valence-electron chi connectivity index (χ2n) is 7.93. The topological polar surface area (TPSA) is 91.2 Å². The van der Waals surface area contributed by atoms with Crippen LogP contribution in [0.4, 0.5) is 5.82 Å². The Morgan fingerprint density at radius 2 is 1.85 bits per heavy atom. The van der Waals surface area contributed by atoms with E-state index < -0.39 is 0 Å². The fourth-order valence-electron chi connectivity index (χ4n) is 4.28. The van der Waals surface area contributed by atoms with Gasteiger partial charge in [-0.1, -0.05) is 24.1 Å². The van der Waals surface area contributed by atoms with Crippen LogP contribution in [-0.4, -0.2) is 43.6 Å². The maximum absolute atomic E-state index is 13.6. The highest BCUT2D eigenvalue weighted by Crippen LogP contribution is 2.28. The first-order valence-corrected chi connectivity index (χ1v) is 10.8. The van der Waals surface area contributed by atoms with Crippen LogP contribution in [0.15, 0.2) is 65.7 Å². The number of likely N-dealkylation sites (tertiary alicyclic amines) is 1. The van der Waals surface area contributed by atoms with Crippen molar-refractivity contribution in [2.75, 3.05) is 25.4 Å². The van der Waals surface area contributed by atoms with Gasteiger partial charge in [-0.25, -0.2) is 14.8 Å². The van der Waals surface area contributed by atoms with Crippen LogP contribution in [0.1, 0.15) is 19.4 Å². The number of ether oxygens (including phenoxy) is 1. The summed E-state index contributed by atoms with van der Waals surface area (Å²) < 4.78 is 9.22. The molecule has 0 unspecified atom stereocenters. The van der Waals surface area contributed by atoms with Gasteiger partial charge in [-0.2, -0.15) is 0 Å². The van der Waals surface area contributed by atoms with Crippen molar-refractivity contribution in [3.63, 3.8) is 0 Å². The van der Waals surface area contributed by atoms with E-state index in [0.29, 0.717) is 29.1 Å². The summed E-state index contributed by atoms with van der Waals surface area (Å²) in [6.07, 6.45) is 2.25. The lowest BCUT2D eigenvalue weighted by Crippen LogP contribution is -2.29. The minimum Gasteiger partial charge on any atom is -0.457 e. The van der Waals surface area contributed by atoms with Gasteiger partial charge in [0.05, 0.1) is 18.3 Å². The molecule has 2 aromatic heterocycles. The third kappa shape index (κ3) is 3.95. The Morgan fingerprint density at radius 3 is 2.61 bits per heavy atom. The Labute approximate surface area is 191 Å². The Balaban J connectivity index is 1.53. The molecule has 1 saturated heterocycles. The Hall–Kier alpha value is -4.09. The molecule has 1 fully saturated rings. The zero-order valence-corrected chi connectivity index (χ0v) is 18.3. The van der Waals surface area contributed by atoms with Crippen LogP contribution >= 0.6 is 0 Å². The maximum atomic E-state index is 13.6. The molecule has 2 N–H and O–H groups in total. The second-order valence-corrected chi connectivity index (χ2v) is 7.93. The Bertz CT molecular complexity index is 1400. The van der Waals surface area contributed by atoms with E-state index in [9.17, 15) is 4.79 Å². The fraction of sp³-hybridized carbons (Fsp3) is 0.240. The lowest BCUT2D eigenvalue weighted by atomic mass is 10.2. The van der Waals surface area contributed by atoms with Gasteiger partial charge in [0.1, 0.15) is 23.3 Å². The van der Waals surface area contributed by atoms with Crippen LogP contribution in [0, 0.1) is 11.8 Å². The number of hydrogen-bond donors (Lipinski definition) is 1. The number of anilines is 1. The highest BCUT2D eigenvalue weighted by Gasteiger charge is 2.29. The van der Waals surface area contributed by atoms with Crippen molar-refractivity contribution in [1.82, 2.24) is 24.0 Å². The summed E-state index contributed by atoms with van der Waals surface area (Å²) in [6.45, 7) is 4.15. The molecule has 0 bridgehead atoms. The van der Waals surface area contributed by atoms with Crippen molar-refractivity contribution < 1.29 is 4.74 Å². The minimum atomic E-state index is -0.178. The van der Waals surface area contributed by atoms with Crippen molar-refractivity contribution in [3.8, 4) is 29.0 Å². The first kappa shape index (κ1) is 20.8. The minimum absolute atomic E-state index is 0.00473. The third-order valence-corrected chi connectivity index (χ3v) is 5.85. The average molecular weight is 441 g/mol. The predicted octanol–water partition coefficient (Wildman–Crippen LogP) is 3.23. The summed E-state index contributed by atoms with van der Waals surface area (Å²) in [5.74, 6) is 7.73. The predicted molar refractivity (Wildman–Crippen MR) is 128 cm³/mol. The van der Waals surface area contributed by atoms with E-state index in [-0.39, 0.29) is 17.5 Å². The monoisotopic (exact) mass is 440 g/mol. The molecule has 3 heterocycles. The molecule has 8 nitrogen and oxygen atoms in total. The van der Waals surface area contributed by atoms with Gasteiger partial charge < -0.3 is 10.5 Å². The largest absolute Gasteiger partial charge is 0.457 e. The summed E-state index contributed by atoms with van der Waals surface area (Å²) in [5, 5.41) is 0. The molecule has 2 aromatic carbocycles. The average Bonchev–Trinajstić information content (AvgIpc) is 3.41. The molecule has 0 aliphatic carbocycles. The highest BCUT2D eigenvalue weighted by atomic mass is 16.5. The van der Waals surface area contributed by atoms with Gasteiger partial charge in [0.25, 0.3) is 0 Å². The molecule has 0 amide bonds. The van der Waals surface area contributed by atoms with Crippen LogP contribution < -0.4 is 16.2 Å². The quantitative estimate of drug-likeness (QED) is 0.479. The van der Waals surface area contributed by atoms with Gasteiger partial charge in [0.15, 0.2) is 11.5 Å². The fourth-order valence-corrected chi connectivity index (χ4v) is 4.28. The summed E-state index contributed by atoms with van der Waals surface area (Å²) in [5.41, 5.74) is 7.79. The lowest BCUT2D eigenvalue weighted by Gasteiger charge is -2.13. The number of nitrogens with two attached hydrogens (primary N) is 1. The molecular formula is C25H24N6O2. The van der Waals surface area contributed by atoms with Crippen LogP contribution in [0.3, 0.4) is 0 Å². The molecular weight excluding hydrogens is 416 g/mol. The van der Waals surface area contributed by atoms with E-state index in [4.69, 9.17) is 10.5 Å². The van der Waals surface area contributed by atoms with E-state index >= 15 is 0 Å².